The van der Waals surface area contributed by atoms with E-state index in [9.17, 15) is 14.3 Å². The van der Waals surface area contributed by atoms with E-state index in [1.165, 1.54) is 31.2 Å². The van der Waals surface area contributed by atoms with Gasteiger partial charge in [0.15, 0.2) is 0 Å². The van der Waals surface area contributed by atoms with Gasteiger partial charge >= 0.3 is 5.97 Å². The number of carboxylic acids is 1. The van der Waals surface area contributed by atoms with E-state index in [0.29, 0.717) is 24.7 Å². The highest BCUT2D eigenvalue weighted by Crippen LogP contribution is 2.27. The molecule has 0 aliphatic heterocycles. The molecule has 1 atom stereocenters. The molecule has 0 bridgehead atoms. The van der Waals surface area contributed by atoms with Crippen LogP contribution in [0.1, 0.15) is 23.9 Å². The smallest absolute Gasteiger partial charge is 0.348 e. The molecule has 0 radical (unpaired) electrons. The molecule has 6 nitrogen and oxygen atoms in total. The average molecular weight is 552 g/mol. The lowest BCUT2D eigenvalue weighted by Crippen LogP contribution is -2.43. The van der Waals surface area contributed by atoms with E-state index >= 15 is 0 Å². The minimum absolute atomic E-state index is 0.0896. The maximum Gasteiger partial charge on any atom is 0.348 e. The zero-order chi connectivity index (χ0) is 28.8. The highest BCUT2D eigenvalue weighted by molar-refractivity contribution is 5.78. The summed E-state index contributed by atoms with van der Waals surface area (Å²) in [5, 5.41) is 9.80. The minimum Gasteiger partial charge on any atom is -0.493 e. The van der Waals surface area contributed by atoms with Gasteiger partial charge in [0.2, 0.25) is 11.5 Å². The van der Waals surface area contributed by atoms with E-state index in [2.05, 4.69) is 29.2 Å². The number of benzene rings is 4. The van der Waals surface area contributed by atoms with Gasteiger partial charge in [-0.1, -0.05) is 60.7 Å². The van der Waals surface area contributed by atoms with Gasteiger partial charge in [0.25, 0.3) is 0 Å². The van der Waals surface area contributed by atoms with Crippen LogP contribution in [0.2, 0.25) is 0 Å². The van der Waals surface area contributed by atoms with Crippen LogP contribution in [0.4, 0.5) is 4.39 Å². The number of carboxylic acid groups (broad SMARTS) is 1. The molecule has 41 heavy (non-hydrogen) atoms. The lowest BCUT2D eigenvalue weighted by Gasteiger charge is -2.26. The number of ether oxygens (including phenoxy) is 2. The predicted molar refractivity (Wildman–Crippen MR) is 155 cm³/mol. The maximum atomic E-state index is 13.5. The van der Waals surface area contributed by atoms with Crippen molar-refractivity contribution in [2.75, 3.05) is 6.61 Å². The van der Waals surface area contributed by atoms with Gasteiger partial charge in [-0.3, -0.25) is 0 Å². The summed E-state index contributed by atoms with van der Waals surface area (Å²) in [6, 6.07) is 30.9. The quantitative estimate of drug-likeness (QED) is 0.183. The Morgan fingerprint density at radius 2 is 1.56 bits per heavy atom. The number of rotatable bonds is 11. The highest BCUT2D eigenvalue weighted by atomic mass is 19.1. The number of aromatic nitrogens is 1. The van der Waals surface area contributed by atoms with Crippen LogP contribution in [0.5, 0.6) is 11.5 Å². The summed E-state index contributed by atoms with van der Waals surface area (Å²) >= 11 is 0. The third kappa shape index (κ3) is 6.81. The molecule has 5 aromatic rings. The fraction of sp³-hybridized carbons (Fsp3) is 0.176. The van der Waals surface area contributed by atoms with Crippen molar-refractivity contribution in [3.63, 3.8) is 0 Å². The second-order valence-corrected chi connectivity index (χ2v) is 9.98. The van der Waals surface area contributed by atoms with Crippen molar-refractivity contribution in [3.05, 3.63) is 126 Å². The predicted octanol–water partition coefficient (Wildman–Crippen LogP) is 7.54. The van der Waals surface area contributed by atoms with E-state index < -0.39 is 17.4 Å². The number of carbonyl (C=O) groups is 1. The van der Waals surface area contributed by atoms with Crippen molar-refractivity contribution in [3.8, 4) is 34.1 Å². The van der Waals surface area contributed by atoms with Crippen LogP contribution in [0.25, 0.3) is 22.6 Å². The van der Waals surface area contributed by atoms with Gasteiger partial charge in [0, 0.05) is 24.5 Å². The summed E-state index contributed by atoms with van der Waals surface area (Å²) in [5.74, 6) is 0.489. The second kappa shape index (κ2) is 12.1. The molecule has 1 heterocycles. The maximum absolute atomic E-state index is 13.5. The van der Waals surface area contributed by atoms with Gasteiger partial charge in [-0.05, 0) is 66.9 Å². The van der Waals surface area contributed by atoms with E-state index in [1.807, 2.05) is 37.3 Å². The summed E-state index contributed by atoms with van der Waals surface area (Å²) in [6.07, 6.45) is 0.657. The Labute approximate surface area is 238 Å². The Hall–Kier alpha value is -4.91. The monoisotopic (exact) mass is 551 g/mol. The van der Waals surface area contributed by atoms with Crippen molar-refractivity contribution < 1.29 is 28.2 Å². The van der Waals surface area contributed by atoms with Crippen LogP contribution in [0.3, 0.4) is 0 Å². The molecular weight excluding hydrogens is 521 g/mol. The molecule has 4 aromatic carbocycles. The molecule has 0 fully saturated rings. The zero-order valence-electron chi connectivity index (χ0n) is 22.8. The molecule has 0 amide bonds. The normalized spacial score (nSPS) is 12.5. The first kappa shape index (κ1) is 27.6. The van der Waals surface area contributed by atoms with Gasteiger partial charge in [0.05, 0.1) is 12.3 Å². The minimum atomic E-state index is -1.57. The van der Waals surface area contributed by atoms with Crippen molar-refractivity contribution >= 4 is 5.97 Å². The number of hydrogen-bond donors (Lipinski definition) is 1. The van der Waals surface area contributed by atoms with Crippen molar-refractivity contribution in [1.82, 2.24) is 4.98 Å². The molecule has 1 aromatic heterocycles. The van der Waals surface area contributed by atoms with Gasteiger partial charge in [0.1, 0.15) is 23.1 Å². The van der Waals surface area contributed by atoms with Crippen molar-refractivity contribution in [2.24, 2.45) is 0 Å². The molecule has 0 aliphatic carbocycles. The summed E-state index contributed by atoms with van der Waals surface area (Å²) in [4.78, 5) is 16.7. The second-order valence-electron chi connectivity index (χ2n) is 9.98. The Morgan fingerprint density at radius 1 is 0.878 bits per heavy atom. The van der Waals surface area contributed by atoms with E-state index in [4.69, 9.17) is 13.9 Å². The number of oxazole rings is 1. The third-order valence-electron chi connectivity index (χ3n) is 6.80. The van der Waals surface area contributed by atoms with Gasteiger partial charge in [-0.25, -0.2) is 14.2 Å². The first-order valence-electron chi connectivity index (χ1n) is 13.3. The lowest BCUT2D eigenvalue weighted by molar-refractivity contribution is -0.153. The summed E-state index contributed by atoms with van der Waals surface area (Å²) in [7, 11) is 0. The van der Waals surface area contributed by atoms with Gasteiger partial charge < -0.3 is 19.0 Å². The van der Waals surface area contributed by atoms with E-state index in [-0.39, 0.29) is 12.2 Å². The molecule has 208 valence electrons. The molecule has 0 saturated carbocycles. The van der Waals surface area contributed by atoms with Crippen LogP contribution >= 0.6 is 0 Å². The largest absolute Gasteiger partial charge is 0.493 e. The highest BCUT2D eigenvalue weighted by Gasteiger charge is 2.36. The Bertz CT molecular complexity index is 1610. The van der Waals surface area contributed by atoms with Crippen LogP contribution in [-0.2, 0) is 17.6 Å². The third-order valence-corrected chi connectivity index (χ3v) is 6.80. The summed E-state index contributed by atoms with van der Waals surface area (Å²) < 4.78 is 31.1. The number of aliphatic carboxylic acids is 1. The summed E-state index contributed by atoms with van der Waals surface area (Å²) in [5.41, 5.74) is 3.19. The SMILES string of the molecule is Cc1oc(-c2ccc(-c3ccccc3)cc2)nc1CCOc1ccc(CC(C)(Oc2cccc(F)c2)C(=O)O)cc1. The first-order chi connectivity index (χ1) is 19.8. The Kier molecular flexibility index (Phi) is 8.15. The Balaban J connectivity index is 1.17. The van der Waals surface area contributed by atoms with Crippen molar-refractivity contribution in [1.29, 1.82) is 0 Å². The Morgan fingerprint density at radius 3 is 2.24 bits per heavy atom. The van der Waals surface area contributed by atoms with Crippen LogP contribution in [-0.4, -0.2) is 28.3 Å². The number of halogens is 1. The fourth-order valence-corrected chi connectivity index (χ4v) is 4.52. The molecular formula is C34H30FNO5. The van der Waals surface area contributed by atoms with Crippen LogP contribution in [0, 0.1) is 12.7 Å². The molecule has 5 rings (SSSR count). The lowest BCUT2D eigenvalue weighted by atomic mass is 9.96. The molecule has 7 heteroatoms. The average Bonchev–Trinajstić information content (AvgIpc) is 3.34. The topological polar surface area (TPSA) is 81.8 Å². The number of hydrogen-bond acceptors (Lipinski definition) is 5. The first-order valence-corrected chi connectivity index (χ1v) is 13.3. The van der Waals surface area contributed by atoms with Crippen LogP contribution < -0.4 is 9.47 Å². The summed E-state index contributed by atoms with van der Waals surface area (Å²) in [6.45, 7) is 3.76. The molecule has 0 spiro atoms. The van der Waals surface area contributed by atoms with Gasteiger partial charge in [-0.15, -0.1) is 0 Å². The van der Waals surface area contributed by atoms with Crippen molar-refractivity contribution in [2.45, 2.75) is 32.3 Å². The standard InChI is InChI=1S/C34H30FNO5/c1-23-31(36-32(40-23)27-15-13-26(14-16-27)25-7-4-3-5-8-25)19-20-39-29-17-11-24(12-18-29)22-34(2,33(37)38)41-30-10-6-9-28(35)21-30/h3-18,21H,19-20,22H2,1-2H3,(H,37,38). The molecule has 0 saturated heterocycles. The van der Waals surface area contributed by atoms with Crippen LogP contribution in [0.15, 0.2) is 108 Å². The molecule has 1 unspecified atom stereocenters. The molecule has 0 aliphatic rings. The fourth-order valence-electron chi connectivity index (χ4n) is 4.52. The zero-order valence-corrected chi connectivity index (χ0v) is 22.8. The number of aryl methyl sites for hydroxylation is 1. The van der Waals surface area contributed by atoms with E-state index in [1.54, 1.807) is 24.3 Å². The van der Waals surface area contributed by atoms with E-state index in [0.717, 1.165) is 33.7 Å². The van der Waals surface area contributed by atoms with Gasteiger partial charge in [-0.2, -0.15) is 0 Å². The molecule has 1 N–H and O–H groups in total. The number of nitrogens with zero attached hydrogens (tertiary/aromatic N) is 1.